The first-order chi connectivity index (χ1) is 12.7. The Morgan fingerprint density at radius 3 is 3.08 bits per heavy atom. The average molecular weight is 371 g/mol. The van der Waals surface area contributed by atoms with Gasteiger partial charge in [0.15, 0.2) is 5.82 Å². The van der Waals surface area contributed by atoms with Crippen LogP contribution in [0.5, 0.6) is 0 Å². The van der Waals surface area contributed by atoms with Gasteiger partial charge in [-0.15, -0.1) is 11.3 Å². The van der Waals surface area contributed by atoms with Gasteiger partial charge in [0.25, 0.3) is 11.8 Å². The molecule has 1 amide bonds. The van der Waals surface area contributed by atoms with Crippen LogP contribution in [0, 0.1) is 6.92 Å². The third kappa shape index (κ3) is 3.63. The second-order valence-electron chi connectivity index (χ2n) is 5.93. The summed E-state index contributed by atoms with van der Waals surface area (Å²) in [6.45, 7) is 3.39. The number of aryl methyl sites for hydroxylation is 1. The monoisotopic (exact) mass is 371 g/mol. The van der Waals surface area contributed by atoms with E-state index in [0.717, 1.165) is 5.01 Å². The van der Waals surface area contributed by atoms with E-state index in [-0.39, 0.29) is 12.0 Å². The first-order valence-corrected chi connectivity index (χ1v) is 9.14. The Bertz CT molecular complexity index is 895. The summed E-state index contributed by atoms with van der Waals surface area (Å²) in [5.41, 5.74) is 1.12. The van der Waals surface area contributed by atoms with E-state index < -0.39 is 0 Å². The SMILES string of the molecule is Cc1nc(C(=O)N2CCO[C@@H](Cc3noc(-c4ccccn4)n3)C2)cs1. The Hall–Kier alpha value is -2.65. The molecule has 4 rings (SSSR count). The van der Waals surface area contributed by atoms with Crippen LogP contribution in [0.3, 0.4) is 0 Å². The number of hydrogen-bond donors (Lipinski definition) is 0. The van der Waals surface area contributed by atoms with E-state index in [1.165, 1.54) is 11.3 Å². The summed E-state index contributed by atoms with van der Waals surface area (Å²) >= 11 is 1.47. The summed E-state index contributed by atoms with van der Waals surface area (Å²) in [7, 11) is 0. The van der Waals surface area contributed by atoms with Crippen molar-refractivity contribution in [2.45, 2.75) is 19.4 Å². The lowest BCUT2D eigenvalue weighted by Crippen LogP contribution is -2.46. The molecule has 0 aromatic carbocycles. The van der Waals surface area contributed by atoms with E-state index >= 15 is 0 Å². The Kier molecular flexibility index (Phi) is 4.72. The van der Waals surface area contributed by atoms with Gasteiger partial charge in [0.05, 0.1) is 17.7 Å². The smallest absolute Gasteiger partial charge is 0.276 e. The number of rotatable bonds is 4. The lowest BCUT2D eigenvalue weighted by atomic mass is 10.2. The first-order valence-electron chi connectivity index (χ1n) is 8.26. The number of morpholine rings is 1. The van der Waals surface area contributed by atoms with Crippen LogP contribution in [-0.4, -0.2) is 56.7 Å². The first kappa shape index (κ1) is 16.8. The van der Waals surface area contributed by atoms with Crippen molar-refractivity contribution in [1.29, 1.82) is 0 Å². The molecule has 0 bridgehead atoms. The van der Waals surface area contributed by atoms with E-state index in [1.54, 1.807) is 16.5 Å². The zero-order valence-electron chi connectivity index (χ0n) is 14.2. The van der Waals surface area contributed by atoms with Crippen LogP contribution in [0.4, 0.5) is 0 Å². The van der Waals surface area contributed by atoms with Gasteiger partial charge in [-0.25, -0.2) is 4.98 Å². The molecule has 0 spiro atoms. The fourth-order valence-electron chi connectivity index (χ4n) is 2.78. The number of carbonyl (C=O) groups excluding carboxylic acids is 1. The molecule has 0 N–H and O–H groups in total. The van der Waals surface area contributed by atoms with Crippen molar-refractivity contribution >= 4 is 17.2 Å². The van der Waals surface area contributed by atoms with Crippen LogP contribution in [0.1, 0.15) is 21.3 Å². The normalized spacial score (nSPS) is 17.4. The zero-order valence-corrected chi connectivity index (χ0v) is 15.0. The fraction of sp³-hybridized carbons (Fsp3) is 0.353. The molecule has 1 atom stereocenters. The minimum atomic E-state index is -0.179. The summed E-state index contributed by atoms with van der Waals surface area (Å²) in [4.78, 5) is 27.2. The summed E-state index contributed by atoms with van der Waals surface area (Å²) in [6, 6.07) is 5.50. The van der Waals surface area contributed by atoms with Gasteiger partial charge in [-0.1, -0.05) is 11.2 Å². The van der Waals surface area contributed by atoms with Crippen molar-refractivity contribution in [1.82, 2.24) is 25.0 Å². The predicted octanol–water partition coefficient (Wildman–Crippen LogP) is 1.98. The number of thiazole rings is 1. The minimum Gasteiger partial charge on any atom is -0.374 e. The van der Waals surface area contributed by atoms with Gasteiger partial charge in [-0.3, -0.25) is 9.78 Å². The number of ether oxygens (including phenoxy) is 1. The highest BCUT2D eigenvalue weighted by atomic mass is 32.1. The molecular weight excluding hydrogens is 354 g/mol. The number of pyridine rings is 1. The molecule has 8 nitrogen and oxygen atoms in total. The number of hydrogen-bond acceptors (Lipinski definition) is 8. The maximum Gasteiger partial charge on any atom is 0.276 e. The van der Waals surface area contributed by atoms with Crippen LogP contribution < -0.4 is 0 Å². The molecule has 1 aliphatic rings. The second kappa shape index (κ2) is 7.30. The lowest BCUT2D eigenvalue weighted by molar-refractivity contribution is -0.0219. The van der Waals surface area contributed by atoms with Crippen molar-refractivity contribution in [3.63, 3.8) is 0 Å². The minimum absolute atomic E-state index is 0.0649. The molecule has 3 aromatic heterocycles. The molecule has 9 heteroatoms. The number of amides is 1. The highest BCUT2D eigenvalue weighted by Crippen LogP contribution is 2.17. The highest BCUT2D eigenvalue weighted by molar-refractivity contribution is 7.09. The van der Waals surface area contributed by atoms with Gasteiger partial charge in [0, 0.05) is 31.1 Å². The molecule has 1 aliphatic heterocycles. The van der Waals surface area contributed by atoms with Crippen molar-refractivity contribution in [3.05, 3.63) is 46.3 Å². The number of carbonyl (C=O) groups is 1. The van der Waals surface area contributed by atoms with E-state index in [4.69, 9.17) is 9.26 Å². The van der Waals surface area contributed by atoms with E-state index in [0.29, 0.717) is 49.2 Å². The lowest BCUT2D eigenvalue weighted by Gasteiger charge is -2.32. The molecule has 134 valence electrons. The largest absolute Gasteiger partial charge is 0.374 e. The standard InChI is InChI=1S/C17H17N5O3S/c1-11-19-14(10-26-11)17(23)22-6-7-24-12(9-22)8-15-20-16(25-21-15)13-4-2-3-5-18-13/h2-5,10,12H,6-9H2,1H3/t12-/m0/s1. The van der Waals surface area contributed by atoms with Gasteiger partial charge in [0.2, 0.25) is 0 Å². The Morgan fingerprint density at radius 1 is 1.38 bits per heavy atom. The molecule has 0 unspecified atom stereocenters. The summed E-state index contributed by atoms with van der Waals surface area (Å²) in [6.07, 6.45) is 1.96. The molecule has 0 aliphatic carbocycles. The number of nitrogens with zero attached hydrogens (tertiary/aromatic N) is 5. The van der Waals surface area contributed by atoms with Crippen LogP contribution in [-0.2, 0) is 11.2 Å². The maximum absolute atomic E-state index is 12.6. The molecule has 4 heterocycles. The van der Waals surface area contributed by atoms with Gasteiger partial charge < -0.3 is 14.2 Å². The van der Waals surface area contributed by atoms with Gasteiger partial charge >= 0.3 is 0 Å². The highest BCUT2D eigenvalue weighted by Gasteiger charge is 2.27. The maximum atomic E-state index is 12.6. The van der Waals surface area contributed by atoms with E-state index in [2.05, 4.69) is 20.1 Å². The zero-order chi connectivity index (χ0) is 17.9. The summed E-state index contributed by atoms with van der Waals surface area (Å²) in [5, 5.41) is 6.67. The second-order valence-corrected chi connectivity index (χ2v) is 6.99. The van der Waals surface area contributed by atoms with Crippen molar-refractivity contribution < 1.29 is 14.1 Å². The van der Waals surface area contributed by atoms with Crippen molar-refractivity contribution in [2.75, 3.05) is 19.7 Å². The molecule has 3 aromatic rings. The quantitative estimate of drug-likeness (QED) is 0.692. The van der Waals surface area contributed by atoms with E-state index in [9.17, 15) is 4.79 Å². The predicted molar refractivity (Wildman–Crippen MR) is 93.7 cm³/mol. The molecule has 0 radical (unpaired) electrons. The summed E-state index contributed by atoms with van der Waals surface area (Å²) in [5.74, 6) is 0.849. The Morgan fingerprint density at radius 2 is 2.31 bits per heavy atom. The van der Waals surface area contributed by atoms with Crippen LogP contribution in [0.15, 0.2) is 34.3 Å². The molecule has 26 heavy (non-hydrogen) atoms. The third-order valence-corrected chi connectivity index (χ3v) is 4.80. The molecule has 0 saturated carbocycles. The van der Waals surface area contributed by atoms with Crippen LogP contribution in [0.2, 0.25) is 0 Å². The fourth-order valence-corrected chi connectivity index (χ4v) is 3.37. The van der Waals surface area contributed by atoms with Gasteiger partial charge in [-0.2, -0.15) is 4.98 Å². The molecule has 1 fully saturated rings. The average Bonchev–Trinajstić information content (AvgIpc) is 3.31. The topological polar surface area (TPSA) is 94.2 Å². The van der Waals surface area contributed by atoms with Crippen molar-refractivity contribution in [2.24, 2.45) is 0 Å². The third-order valence-electron chi connectivity index (χ3n) is 4.03. The molecule has 1 saturated heterocycles. The van der Waals surface area contributed by atoms with Gasteiger partial charge in [0.1, 0.15) is 11.4 Å². The number of aromatic nitrogens is 4. The van der Waals surface area contributed by atoms with Gasteiger partial charge in [-0.05, 0) is 19.1 Å². The van der Waals surface area contributed by atoms with Crippen LogP contribution in [0.25, 0.3) is 11.6 Å². The van der Waals surface area contributed by atoms with Crippen LogP contribution >= 0.6 is 11.3 Å². The Labute approximate surface area is 153 Å². The van der Waals surface area contributed by atoms with Crippen molar-refractivity contribution in [3.8, 4) is 11.6 Å². The Balaban J connectivity index is 1.41. The van der Waals surface area contributed by atoms with E-state index in [1.807, 2.05) is 25.1 Å². The summed E-state index contributed by atoms with van der Waals surface area (Å²) < 4.78 is 11.0. The molecular formula is C17H17N5O3S.